The first-order valence-corrected chi connectivity index (χ1v) is 7.86. The number of aromatic nitrogens is 1. The van der Waals surface area contributed by atoms with E-state index in [1.54, 1.807) is 17.9 Å². The monoisotopic (exact) mass is 315 g/mol. The van der Waals surface area contributed by atoms with Gasteiger partial charge in [0.05, 0.1) is 6.10 Å². The topological polar surface area (TPSA) is 78.6 Å². The van der Waals surface area contributed by atoms with E-state index in [0.717, 1.165) is 18.4 Å². The Morgan fingerprint density at radius 1 is 1.35 bits per heavy atom. The highest BCUT2D eigenvalue weighted by molar-refractivity contribution is 5.88. The number of amides is 2. The van der Waals surface area contributed by atoms with E-state index >= 15 is 0 Å². The molecule has 0 saturated carbocycles. The SMILES string of the molecule is Cc1cc(NC(=O)N2CCC([C@H](O)c3ccccc3)CC2)no1. The zero-order valence-corrected chi connectivity index (χ0v) is 13.1. The van der Waals surface area contributed by atoms with Crippen LogP contribution >= 0.6 is 0 Å². The first kappa shape index (κ1) is 15.6. The van der Waals surface area contributed by atoms with E-state index in [0.29, 0.717) is 24.7 Å². The fourth-order valence-corrected chi connectivity index (χ4v) is 2.95. The van der Waals surface area contributed by atoms with Gasteiger partial charge in [-0.15, -0.1) is 0 Å². The quantitative estimate of drug-likeness (QED) is 0.912. The molecule has 2 N–H and O–H groups in total. The summed E-state index contributed by atoms with van der Waals surface area (Å²) in [4.78, 5) is 13.9. The first-order chi connectivity index (χ1) is 11.1. The van der Waals surface area contributed by atoms with Crippen molar-refractivity contribution in [3.8, 4) is 0 Å². The fourth-order valence-electron chi connectivity index (χ4n) is 2.95. The normalized spacial score (nSPS) is 17.0. The van der Waals surface area contributed by atoms with E-state index in [1.807, 2.05) is 30.3 Å². The van der Waals surface area contributed by atoms with Crippen LogP contribution in [-0.4, -0.2) is 34.3 Å². The van der Waals surface area contributed by atoms with Gasteiger partial charge in [-0.3, -0.25) is 5.32 Å². The predicted octanol–water partition coefficient (Wildman–Crippen LogP) is 2.96. The molecule has 1 aliphatic heterocycles. The van der Waals surface area contributed by atoms with Gasteiger partial charge in [0.1, 0.15) is 5.76 Å². The fraction of sp³-hybridized carbons (Fsp3) is 0.412. The number of aliphatic hydroxyl groups is 1. The molecule has 1 saturated heterocycles. The summed E-state index contributed by atoms with van der Waals surface area (Å²) < 4.78 is 4.93. The number of piperidine rings is 1. The number of nitrogens with zero attached hydrogens (tertiary/aromatic N) is 2. The van der Waals surface area contributed by atoms with Gasteiger partial charge in [-0.05, 0) is 31.2 Å². The van der Waals surface area contributed by atoms with E-state index in [2.05, 4.69) is 10.5 Å². The van der Waals surface area contributed by atoms with Gasteiger partial charge in [0.25, 0.3) is 0 Å². The van der Waals surface area contributed by atoms with Gasteiger partial charge in [-0.2, -0.15) is 0 Å². The maximum atomic E-state index is 12.2. The Morgan fingerprint density at radius 2 is 2.04 bits per heavy atom. The molecule has 2 heterocycles. The maximum absolute atomic E-state index is 12.2. The van der Waals surface area contributed by atoms with Gasteiger partial charge < -0.3 is 14.5 Å². The van der Waals surface area contributed by atoms with Crippen LogP contribution in [0, 0.1) is 12.8 Å². The minimum absolute atomic E-state index is 0.175. The number of hydrogen-bond donors (Lipinski definition) is 2. The van der Waals surface area contributed by atoms with E-state index in [-0.39, 0.29) is 11.9 Å². The summed E-state index contributed by atoms with van der Waals surface area (Å²) in [5, 5.41) is 17.0. The molecule has 0 bridgehead atoms. The highest BCUT2D eigenvalue weighted by Gasteiger charge is 2.28. The molecular weight excluding hydrogens is 294 g/mol. The minimum atomic E-state index is -0.473. The van der Waals surface area contributed by atoms with Crippen LogP contribution in [0.3, 0.4) is 0 Å². The lowest BCUT2D eigenvalue weighted by Crippen LogP contribution is -2.42. The van der Waals surface area contributed by atoms with Crippen LogP contribution < -0.4 is 5.32 Å². The molecule has 2 aromatic rings. The molecule has 2 amide bonds. The summed E-state index contributed by atoms with van der Waals surface area (Å²) in [6.07, 6.45) is 1.09. The summed E-state index contributed by atoms with van der Waals surface area (Å²) in [7, 11) is 0. The third-order valence-corrected chi connectivity index (χ3v) is 4.28. The zero-order chi connectivity index (χ0) is 16.2. The molecule has 1 aromatic carbocycles. The number of carbonyl (C=O) groups excluding carboxylic acids is 1. The molecule has 1 atom stereocenters. The Morgan fingerprint density at radius 3 is 2.65 bits per heavy atom. The Kier molecular flexibility index (Phi) is 4.62. The van der Waals surface area contributed by atoms with E-state index in [9.17, 15) is 9.90 Å². The number of anilines is 1. The Balaban J connectivity index is 1.53. The van der Waals surface area contributed by atoms with Crippen LogP contribution in [0.2, 0.25) is 0 Å². The van der Waals surface area contributed by atoms with Crippen molar-refractivity contribution in [2.75, 3.05) is 18.4 Å². The Labute approximate surface area is 135 Å². The Hall–Kier alpha value is -2.34. The minimum Gasteiger partial charge on any atom is -0.388 e. The molecule has 1 aromatic heterocycles. The van der Waals surface area contributed by atoms with Gasteiger partial charge >= 0.3 is 6.03 Å². The van der Waals surface area contributed by atoms with Crippen LogP contribution in [0.4, 0.5) is 10.6 Å². The summed E-state index contributed by atoms with van der Waals surface area (Å²) in [5.41, 5.74) is 0.938. The number of carbonyl (C=O) groups is 1. The summed E-state index contributed by atoms with van der Waals surface area (Å²) >= 11 is 0. The number of rotatable bonds is 3. The standard InChI is InChI=1S/C17H21N3O3/c1-12-11-15(19-23-12)18-17(22)20-9-7-14(8-10-20)16(21)13-5-3-2-4-6-13/h2-6,11,14,16,21H,7-10H2,1H3,(H,18,19,22)/t16-/m1/s1. The van der Waals surface area contributed by atoms with Crippen molar-refractivity contribution in [3.63, 3.8) is 0 Å². The summed E-state index contributed by atoms with van der Waals surface area (Å²) in [6, 6.07) is 11.2. The molecule has 0 spiro atoms. The highest BCUT2D eigenvalue weighted by atomic mass is 16.5. The third kappa shape index (κ3) is 3.71. The number of aliphatic hydroxyl groups excluding tert-OH is 1. The molecule has 0 unspecified atom stereocenters. The number of urea groups is 1. The summed E-state index contributed by atoms with van der Waals surface area (Å²) in [5.74, 6) is 1.26. The van der Waals surface area contributed by atoms with Gasteiger partial charge in [-0.1, -0.05) is 35.5 Å². The smallest absolute Gasteiger partial charge is 0.323 e. The number of likely N-dealkylation sites (tertiary alicyclic amines) is 1. The van der Waals surface area contributed by atoms with Crippen molar-refractivity contribution >= 4 is 11.8 Å². The van der Waals surface area contributed by atoms with Crippen LogP contribution in [0.1, 0.15) is 30.3 Å². The lowest BCUT2D eigenvalue weighted by atomic mass is 9.87. The van der Waals surface area contributed by atoms with Gasteiger partial charge in [0, 0.05) is 19.2 Å². The molecular formula is C17H21N3O3. The zero-order valence-electron chi connectivity index (χ0n) is 13.1. The van der Waals surface area contributed by atoms with Crippen molar-refractivity contribution in [1.82, 2.24) is 10.1 Å². The van der Waals surface area contributed by atoms with Crippen molar-refractivity contribution in [2.45, 2.75) is 25.9 Å². The second-order valence-electron chi connectivity index (χ2n) is 5.93. The van der Waals surface area contributed by atoms with Crippen LogP contribution in [0.5, 0.6) is 0 Å². The van der Waals surface area contributed by atoms with Crippen molar-refractivity contribution < 1.29 is 14.4 Å². The predicted molar refractivity (Wildman–Crippen MR) is 86.0 cm³/mol. The molecule has 1 fully saturated rings. The van der Waals surface area contributed by atoms with Crippen molar-refractivity contribution in [2.24, 2.45) is 5.92 Å². The average molecular weight is 315 g/mol. The Bertz CT molecular complexity index is 648. The number of benzene rings is 1. The average Bonchev–Trinajstić information content (AvgIpc) is 3.00. The molecule has 0 aliphatic carbocycles. The lowest BCUT2D eigenvalue weighted by molar-refractivity contribution is 0.0683. The van der Waals surface area contributed by atoms with E-state index in [4.69, 9.17) is 4.52 Å². The van der Waals surface area contributed by atoms with Crippen molar-refractivity contribution in [3.05, 3.63) is 47.7 Å². The van der Waals surface area contributed by atoms with Gasteiger partial charge in [0.15, 0.2) is 5.82 Å². The van der Waals surface area contributed by atoms with E-state index in [1.165, 1.54) is 0 Å². The first-order valence-electron chi connectivity index (χ1n) is 7.86. The highest BCUT2D eigenvalue weighted by Crippen LogP contribution is 2.30. The lowest BCUT2D eigenvalue weighted by Gasteiger charge is -2.34. The van der Waals surface area contributed by atoms with Crippen LogP contribution in [0.25, 0.3) is 0 Å². The molecule has 0 radical (unpaired) electrons. The largest absolute Gasteiger partial charge is 0.388 e. The summed E-state index contributed by atoms with van der Waals surface area (Å²) in [6.45, 7) is 3.02. The van der Waals surface area contributed by atoms with Gasteiger partial charge in [-0.25, -0.2) is 4.79 Å². The molecule has 6 heteroatoms. The second-order valence-corrected chi connectivity index (χ2v) is 5.93. The maximum Gasteiger partial charge on any atom is 0.323 e. The molecule has 6 nitrogen and oxygen atoms in total. The van der Waals surface area contributed by atoms with Gasteiger partial charge in [0.2, 0.25) is 0 Å². The van der Waals surface area contributed by atoms with E-state index < -0.39 is 6.10 Å². The second kappa shape index (κ2) is 6.83. The van der Waals surface area contributed by atoms with Crippen LogP contribution in [-0.2, 0) is 0 Å². The third-order valence-electron chi connectivity index (χ3n) is 4.28. The number of hydrogen-bond acceptors (Lipinski definition) is 4. The van der Waals surface area contributed by atoms with Crippen LogP contribution in [0.15, 0.2) is 40.9 Å². The molecule has 23 heavy (non-hydrogen) atoms. The van der Waals surface area contributed by atoms with Crippen molar-refractivity contribution in [1.29, 1.82) is 0 Å². The molecule has 122 valence electrons. The molecule has 1 aliphatic rings. The number of nitrogens with one attached hydrogen (secondary N) is 1. The molecule has 3 rings (SSSR count). The number of aryl methyl sites for hydroxylation is 1.